The highest BCUT2D eigenvalue weighted by Crippen LogP contribution is 2.39. The predicted molar refractivity (Wildman–Crippen MR) is 70.0 cm³/mol. The van der Waals surface area contributed by atoms with Crippen LogP contribution < -0.4 is 15.5 Å². The maximum absolute atomic E-state index is 10.1. The highest BCUT2D eigenvalue weighted by Gasteiger charge is 2.48. The van der Waals surface area contributed by atoms with Crippen LogP contribution in [0, 0.1) is 0 Å². The van der Waals surface area contributed by atoms with Crippen LogP contribution in [0.2, 0.25) is 0 Å². The van der Waals surface area contributed by atoms with Crippen LogP contribution in [0.5, 0.6) is 0 Å². The van der Waals surface area contributed by atoms with E-state index in [4.69, 9.17) is 15.6 Å². The Labute approximate surface area is 115 Å². The van der Waals surface area contributed by atoms with Crippen molar-refractivity contribution in [2.45, 2.75) is 24.5 Å². The number of nitrogen functional groups attached to an aromatic ring is 1. The van der Waals surface area contributed by atoms with E-state index in [0.717, 1.165) is 0 Å². The lowest BCUT2D eigenvalue weighted by Crippen LogP contribution is -2.45. The van der Waals surface area contributed by atoms with Crippen LogP contribution in [-0.2, 0) is 4.74 Å². The van der Waals surface area contributed by atoms with E-state index in [1.54, 1.807) is 4.90 Å². The summed E-state index contributed by atoms with van der Waals surface area (Å²) in [4.78, 5) is 11.6. The Morgan fingerprint density at radius 2 is 2.15 bits per heavy atom. The Hall–Kier alpha value is -1.68. The van der Waals surface area contributed by atoms with Gasteiger partial charge in [0.15, 0.2) is 17.9 Å². The van der Waals surface area contributed by atoms with Crippen LogP contribution in [-0.4, -0.2) is 70.2 Å². The molecule has 9 heteroatoms. The molecule has 0 aromatic carbocycles. The standard InChI is InChI=1S/C11H17N5O4/c1-15-4-16(10-6(15)9(12)13-3-14-10)11-8(19)7(18)5(2-17)20-11/h3,5,7-8,11,17-19H,2,4H2,1H3,(H2,12,13,14). The zero-order valence-corrected chi connectivity index (χ0v) is 10.9. The number of hydrogen-bond acceptors (Lipinski definition) is 9. The number of aliphatic hydroxyl groups is 3. The summed E-state index contributed by atoms with van der Waals surface area (Å²) < 4.78 is 5.51. The average molecular weight is 283 g/mol. The lowest BCUT2D eigenvalue weighted by atomic mass is 10.1. The molecule has 9 nitrogen and oxygen atoms in total. The third kappa shape index (κ3) is 1.79. The molecule has 110 valence electrons. The molecular weight excluding hydrogens is 266 g/mol. The van der Waals surface area contributed by atoms with Crippen molar-refractivity contribution >= 4 is 17.3 Å². The summed E-state index contributed by atoms with van der Waals surface area (Å²) in [5.74, 6) is 0.876. The number of aliphatic hydroxyl groups excluding tert-OH is 3. The lowest BCUT2D eigenvalue weighted by molar-refractivity contribution is -0.0221. The topological polar surface area (TPSA) is 128 Å². The van der Waals surface area contributed by atoms with Crippen LogP contribution >= 0.6 is 0 Å². The molecule has 1 saturated heterocycles. The van der Waals surface area contributed by atoms with Gasteiger partial charge in [-0.2, -0.15) is 0 Å². The van der Waals surface area contributed by atoms with Gasteiger partial charge in [-0.1, -0.05) is 0 Å². The Morgan fingerprint density at radius 3 is 2.80 bits per heavy atom. The molecule has 0 saturated carbocycles. The molecule has 3 rings (SSSR count). The third-order valence-corrected chi connectivity index (χ3v) is 3.67. The summed E-state index contributed by atoms with van der Waals surface area (Å²) in [5, 5.41) is 29.0. The Bertz CT molecular complexity index is 516. The van der Waals surface area contributed by atoms with Crippen LogP contribution in [0.25, 0.3) is 0 Å². The van der Waals surface area contributed by atoms with Gasteiger partial charge in [-0.15, -0.1) is 0 Å². The minimum atomic E-state index is -1.14. The van der Waals surface area contributed by atoms with Crippen LogP contribution in [0.1, 0.15) is 0 Å². The van der Waals surface area contributed by atoms with Gasteiger partial charge in [0, 0.05) is 7.05 Å². The van der Waals surface area contributed by atoms with Crippen LogP contribution in [0.3, 0.4) is 0 Å². The molecule has 0 amide bonds. The highest BCUT2D eigenvalue weighted by molar-refractivity contribution is 5.81. The molecule has 0 bridgehead atoms. The first-order chi connectivity index (χ1) is 9.54. The van der Waals surface area contributed by atoms with Crippen molar-refractivity contribution in [3.63, 3.8) is 0 Å². The van der Waals surface area contributed by atoms with Crippen molar-refractivity contribution in [3.05, 3.63) is 6.33 Å². The normalized spacial score (nSPS) is 32.8. The zero-order chi connectivity index (χ0) is 14.4. The number of rotatable bonds is 2. The average Bonchev–Trinajstić information content (AvgIpc) is 2.90. The van der Waals surface area contributed by atoms with Crippen molar-refractivity contribution in [3.8, 4) is 0 Å². The minimum Gasteiger partial charge on any atom is -0.394 e. The third-order valence-electron chi connectivity index (χ3n) is 3.67. The molecule has 1 fully saturated rings. The summed E-state index contributed by atoms with van der Waals surface area (Å²) >= 11 is 0. The number of nitrogens with zero attached hydrogens (tertiary/aromatic N) is 4. The smallest absolute Gasteiger partial charge is 0.162 e. The fourth-order valence-electron chi connectivity index (χ4n) is 2.66. The molecule has 0 radical (unpaired) electrons. The van der Waals surface area contributed by atoms with E-state index in [0.29, 0.717) is 24.0 Å². The number of hydrogen-bond donors (Lipinski definition) is 4. The Balaban J connectivity index is 1.93. The molecular formula is C11H17N5O4. The Kier molecular flexibility index (Phi) is 3.13. The van der Waals surface area contributed by atoms with Crippen molar-refractivity contribution in [2.24, 2.45) is 0 Å². The first-order valence-electron chi connectivity index (χ1n) is 6.25. The van der Waals surface area contributed by atoms with E-state index in [1.807, 2.05) is 11.9 Å². The van der Waals surface area contributed by atoms with Crippen LogP contribution in [0.4, 0.5) is 17.3 Å². The summed E-state index contributed by atoms with van der Waals surface area (Å²) in [6.07, 6.45) is -2.55. The highest BCUT2D eigenvalue weighted by atomic mass is 16.6. The predicted octanol–water partition coefficient (Wildman–Crippen LogP) is -2.29. The Morgan fingerprint density at radius 1 is 1.40 bits per heavy atom. The number of ether oxygens (including phenoxy) is 1. The SMILES string of the molecule is CN1CN(C2OC(CO)C(O)C2O)c2ncnc(N)c21. The van der Waals surface area contributed by atoms with Gasteiger partial charge >= 0.3 is 0 Å². The van der Waals surface area contributed by atoms with Gasteiger partial charge in [-0.25, -0.2) is 9.97 Å². The first-order valence-corrected chi connectivity index (χ1v) is 6.25. The molecule has 0 aliphatic carbocycles. The monoisotopic (exact) mass is 283 g/mol. The van der Waals surface area contributed by atoms with Crippen molar-refractivity contribution in [2.75, 3.05) is 35.9 Å². The van der Waals surface area contributed by atoms with Gasteiger partial charge in [0.05, 0.1) is 13.3 Å². The number of anilines is 3. The molecule has 1 aromatic rings. The van der Waals surface area contributed by atoms with Crippen molar-refractivity contribution < 1.29 is 20.1 Å². The molecule has 4 atom stereocenters. The second kappa shape index (κ2) is 4.70. The molecule has 4 unspecified atom stereocenters. The van der Waals surface area contributed by atoms with E-state index >= 15 is 0 Å². The second-order valence-electron chi connectivity index (χ2n) is 4.97. The summed E-state index contributed by atoms with van der Waals surface area (Å²) in [6.45, 7) is 0.0298. The first kappa shape index (κ1) is 13.3. The molecule has 3 heterocycles. The second-order valence-corrected chi connectivity index (χ2v) is 4.97. The fourth-order valence-corrected chi connectivity index (χ4v) is 2.66. The van der Waals surface area contributed by atoms with Gasteiger partial charge in [-0.3, -0.25) is 0 Å². The summed E-state index contributed by atoms with van der Waals surface area (Å²) in [6, 6.07) is 0. The molecule has 20 heavy (non-hydrogen) atoms. The quantitative estimate of drug-likeness (QED) is 0.474. The van der Waals surface area contributed by atoms with E-state index in [2.05, 4.69) is 9.97 Å². The fraction of sp³-hybridized carbons (Fsp3) is 0.636. The van der Waals surface area contributed by atoms with E-state index in [9.17, 15) is 10.2 Å². The van der Waals surface area contributed by atoms with Crippen molar-refractivity contribution in [1.82, 2.24) is 9.97 Å². The summed E-state index contributed by atoms with van der Waals surface area (Å²) in [7, 11) is 1.82. The molecule has 1 aromatic heterocycles. The maximum atomic E-state index is 10.1. The number of aromatic nitrogens is 2. The van der Waals surface area contributed by atoms with Crippen molar-refractivity contribution in [1.29, 1.82) is 0 Å². The molecule has 2 aliphatic rings. The van der Waals surface area contributed by atoms with Gasteiger partial charge in [0.1, 0.15) is 30.3 Å². The largest absolute Gasteiger partial charge is 0.394 e. The van der Waals surface area contributed by atoms with Gasteiger partial charge in [0.25, 0.3) is 0 Å². The van der Waals surface area contributed by atoms with Crippen LogP contribution in [0.15, 0.2) is 6.33 Å². The molecule has 0 spiro atoms. The van der Waals surface area contributed by atoms with Gasteiger partial charge in [0.2, 0.25) is 0 Å². The van der Waals surface area contributed by atoms with Gasteiger partial charge in [-0.05, 0) is 0 Å². The minimum absolute atomic E-state index is 0.340. The lowest BCUT2D eigenvalue weighted by Gasteiger charge is -2.27. The zero-order valence-electron chi connectivity index (χ0n) is 10.9. The maximum Gasteiger partial charge on any atom is 0.162 e. The number of nitrogens with two attached hydrogens (primary N) is 1. The number of fused-ring (bicyclic) bond motifs is 1. The van der Waals surface area contributed by atoms with E-state index < -0.39 is 24.5 Å². The molecule has 5 N–H and O–H groups in total. The van der Waals surface area contributed by atoms with E-state index in [1.165, 1.54) is 6.33 Å². The van der Waals surface area contributed by atoms with E-state index in [-0.39, 0.29) is 6.61 Å². The van der Waals surface area contributed by atoms with Gasteiger partial charge < -0.3 is 35.6 Å². The molecule has 2 aliphatic heterocycles. The summed E-state index contributed by atoms with van der Waals surface area (Å²) in [5.41, 5.74) is 6.48.